The van der Waals surface area contributed by atoms with Crippen LogP contribution in [0.1, 0.15) is 16.1 Å². The zero-order chi connectivity index (χ0) is 12.4. The van der Waals surface area contributed by atoms with Gasteiger partial charge in [0.05, 0.1) is 23.1 Å². The lowest BCUT2D eigenvalue weighted by Gasteiger charge is -2.02. The van der Waals surface area contributed by atoms with Crippen molar-refractivity contribution in [2.24, 2.45) is 0 Å². The number of carboxylic acid groups (broad SMARTS) is 1. The van der Waals surface area contributed by atoms with Crippen LogP contribution in [0.5, 0.6) is 0 Å². The van der Waals surface area contributed by atoms with Crippen molar-refractivity contribution < 1.29 is 14.3 Å². The van der Waals surface area contributed by atoms with Crippen LogP contribution in [0.3, 0.4) is 0 Å². The van der Waals surface area contributed by atoms with Crippen LogP contribution in [0, 0.1) is 6.92 Å². The van der Waals surface area contributed by atoms with Crippen molar-refractivity contribution in [2.45, 2.75) is 17.2 Å². The van der Waals surface area contributed by atoms with Crippen LogP contribution in [0.15, 0.2) is 33.2 Å². The van der Waals surface area contributed by atoms with Crippen molar-refractivity contribution in [3.8, 4) is 0 Å². The Balaban J connectivity index is 2.35. The predicted octanol–water partition coefficient (Wildman–Crippen LogP) is 1.81. The van der Waals surface area contributed by atoms with Crippen molar-refractivity contribution >= 4 is 23.4 Å². The van der Waals surface area contributed by atoms with Gasteiger partial charge in [0.25, 0.3) is 5.22 Å². The first kappa shape index (κ1) is 11.5. The summed E-state index contributed by atoms with van der Waals surface area (Å²) in [5.74, 6) is -1.09. The largest absolute Gasteiger partial charge is 0.478 e. The molecule has 0 amide bonds. The number of rotatable bonds is 3. The fraction of sp³-hybridized carbons (Fsp3) is 0.100. The molecule has 2 rings (SSSR count). The Morgan fingerprint density at radius 2 is 2.35 bits per heavy atom. The SMILES string of the molecule is Cc1coc(Sc2ncc(N)cc2C(=O)O)n1. The van der Waals surface area contributed by atoms with Crippen molar-refractivity contribution in [3.63, 3.8) is 0 Å². The molecule has 0 unspecified atom stereocenters. The number of nitrogens with zero attached hydrogens (tertiary/aromatic N) is 2. The standard InChI is InChI=1S/C10H9N3O3S/c1-5-4-16-10(13-5)17-8-7(9(14)15)2-6(11)3-12-8/h2-4H,11H2,1H3,(H,14,15). The Morgan fingerprint density at radius 1 is 1.59 bits per heavy atom. The highest BCUT2D eigenvalue weighted by atomic mass is 32.2. The van der Waals surface area contributed by atoms with Gasteiger partial charge < -0.3 is 15.3 Å². The third-order valence-corrected chi connectivity index (χ3v) is 2.77. The molecule has 7 heteroatoms. The number of carbonyl (C=O) groups is 1. The summed E-state index contributed by atoms with van der Waals surface area (Å²) < 4.78 is 5.12. The molecule has 2 aromatic rings. The van der Waals surface area contributed by atoms with Gasteiger partial charge in [0, 0.05) is 0 Å². The van der Waals surface area contributed by atoms with E-state index < -0.39 is 5.97 Å². The Bertz CT molecular complexity index is 568. The molecule has 0 aliphatic rings. The van der Waals surface area contributed by atoms with Gasteiger partial charge >= 0.3 is 5.97 Å². The van der Waals surface area contributed by atoms with E-state index in [0.29, 0.717) is 15.9 Å². The van der Waals surface area contributed by atoms with Crippen LogP contribution in [0.4, 0.5) is 5.69 Å². The number of anilines is 1. The highest BCUT2D eigenvalue weighted by molar-refractivity contribution is 7.99. The molecule has 0 radical (unpaired) electrons. The van der Waals surface area contributed by atoms with Crippen molar-refractivity contribution in [1.82, 2.24) is 9.97 Å². The number of aryl methyl sites for hydroxylation is 1. The van der Waals surface area contributed by atoms with E-state index in [1.807, 2.05) is 0 Å². The first-order valence-electron chi connectivity index (χ1n) is 4.65. The Kier molecular flexibility index (Phi) is 3.01. The number of hydrogen-bond donors (Lipinski definition) is 2. The first-order chi connectivity index (χ1) is 8.06. The predicted molar refractivity (Wildman–Crippen MR) is 61.0 cm³/mol. The second-order valence-electron chi connectivity index (χ2n) is 3.28. The maximum Gasteiger partial charge on any atom is 0.338 e. The van der Waals surface area contributed by atoms with Gasteiger partial charge in [-0.3, -0.25) is 0 Å². The maximum atomic E-state index is 11.0. The van der Waals surface area contributed by atoms with E-state index in [2.05, 4.69) is 9.97 Å². The second kappa shape index (κ2) is 4.46. The minimum absolute atomic E-state index is 0.0332. The highest BCUT2D eigenvalue weighted by Crippen LogP contribution is 2.28. The monoisotopic (exact) mass is 251 g/mol. The van der Waals surface area contributed by atoms with Gasteiger partial charge in [-0.05, 0) is 24.8 Å². The van der Waals surface area contributed by atoms with Gasteiger partial charge in [-0.25, -0.2) is 14.8 Å². The minimum Gasteiger partial charge on any atom is -0.478 e. The summed E-state index contributed by atoms with van der Waals surface area (Å²) in [5, 5.41) is 9.66. The summed E-state index contributed by atoms with van der Waals surface area (Å²) >= 11 is 1.05. The summed E-state index contributed by atoms with van der Waals surface area (Å²) in [6.45, 7) is 1.78. The van der Waals surface area contributed by atoms with Gasteiger partial charge in [0.2, 0.25) is 0 Å². The summed E-state index contributed by atoms with van der Waals surface area (Å²) in [4.78, 5) is 19.0. The second-order valence-corrected chi connectivity index (χ2v) is 4.22. The molecule has 0 aliphatic heterocycles. The van der Waals surface area contributed by atoms with E-state index in [4.69, 9.17) is 15.3 Å². The Morgan fingerprint density at radius 3 is 2.94 bits per heavy atom. The lowest BCUT2D eigenvalue weighted by Crippen LogP contribution is -2.02. The van der Waals surface area contributed by atoms with Gasteiger partial charge in [-0.2, -0.15) is 0 Å². The minimum atomic E-state index is -1.09. The number of oxazole rings is 1. The molecule has 0 aromatic carbocycles. The fourth-order valence-electron chi connectivity index (χ4n) is 1.16. The van der Waals surface area contributed by atoms with E-state index in [1.165, 1.54) is 18.5 Å². The number of aromatic carboxylic acids is 1. The number of aromatic nitrogens is 2. The highest BCUT2D eigenvalue weighted by Gasteiger charge is 2.15. The molecule has 0 saturated carbocycles. The molecule has 2 aromatic heterocycles. The van der Waals surface area contributed by atoms with E-state index in [0.717, 1.165) is 17.5 Å². The molecular formula is C10H9N3O3S. The average Bonchev–Trinajstić information content (AvgIpc) is 2.66. The third-order valence-electron chi connectivity index (χ3n) is 1.88. The molecule has 17 heavy (non-hydrogen) atoms. The van der Waals surface area contributed by atoms with Crippen LogP contribution >= 0.6 is 11.8 Å². The molecular weight excluding hydrogens is 242 g/mol. The zero-order valence-electron chi connectivity index (χ0n) is 8.88. The smallest absolute Gasteiger partial charge is 0.338 e. The third kappa shape index (κ3) is 2.56. The van der Waals surface area contributed by atoms with Gasteiger partial charge in [0.15, 0.2) is 0 Å². The molecule has 2 heterocycles. The number of hydrogen-bond acceptors (Lipinski definition) is 6. The van der Waals surface area contributed by atoms with Gasteiger partial charge in [-0.15, -0.1) is 0 Å². The summed E-state index contributed by atoms with van der Waals surface area (Å²) in [6, 6.07) is 1.35. The van der Waals surface area contributed by atoms with E-state index in [1.54, 1.807) is 6.92 Å². The lowest BCUT2D eigenvalue weighted by atomic mass is 10.3. The quantitative estimate of drug-likeness (QED) is 0.857. The van der Waals surface area contributed by atoms with Crippen molar-refractivity contribution in [2.75, 3.05) is 5.73 Å². The van der Waals surface area contributed by atoms with Crippen LogP contribution in [0.25, 0.3) is 0 Å². The summed E-state index contributed by atoms with van der Waals surface area (Å²) in [6.07, 6.45) is 2.88. The maximum absolute atomic E-state index is 11.0. The molecule has 0 spiro atoms. The molecule has 0 bridgehead atoms. The number of nitrogen functional groups attached to an aromatic ring is 1. The molecule has 3 N–H and O–H groups in total. The Hall–Kier alpha value is -2.02. The normalized spacial score (nSPS) is 10.4. The number of pyridine rings is 1. The molecule has 6 nitrogen and oxygen atoms in total. The molecule has 0 aliphatic carbocycles. The van der Waals surface area contributed by atoms with Crippen LogP contribution in [0.2, 0.25) is 0 Å². The van der Waals surface area contributed by atoms with Crippen molar-refractivity contribution in [1.29, 1.82) is 0 Å². The van der Waals surface area contributed by atoms with Gasteiger partial charge in [0.1, 0.15) is 11.3 Å². The molecule has 0 atom stereocenters. The fourth-order valence-corrected chi connectivity index (χ4v) is 1.98. The first-order valence-corrected chi connectivity index (χ1v) is 5.46. The van der Waals surface area contributed by atoms with Crippen molar-refractivity contribution in [3.05, 3.63) is 29.8 Å². The molecule has 0 saturated heterocycles. The zero-order valence-corrected chi connectivity index (χ0v) is 9.69. The van der Waals surface area contributed by atoms with Crippen LogP contribution in [-0.2, 0) is 0 Å². The van der Waals surface area contributed by atoms with E-state index in [9.17, 15) is 4.79 Å². The lowest BCUT2D eigenvalue weighted by molar-refractivity contribution is 0.0692. The van der Waals surface area contributed by atoms with E-state index >= 15 is 0 Å². The van der Waals surface area contributed by atoms with Crippen LogP contribution < -0.4 is 5.73 Å². The van der Waals surface area contributed by atoms with Gasteiger partial charge in [-0.1, -0.05) is 0 Å². The number of carboxylic acids is 1. The summed E-state index contributed by atoms with van der Waals surface area (Å²) in [7, 11) is 0. The summed E-state index contributed by atoms with van der Waals surface area (Å²) in [5.41, 5.74) is 6.55. The topological polar surface area (TPSA) is 102 Å². The Labute approximate surface area is 101 Å². The number of nitrogens with two attached hydrogens (primary N) is 1. The average molecular weight is 251 g/mol. The molecule has 88 valence electrons. The molecule has 0 fully saturated rings. The van der Waals surface area contributed by atoms with E-state index in [-0.39, 0.29) is 5.56 Å². The van der Waals surface area contributed by atoms with Crippen LogP contribution in [-0.4, -0.2) is 21.0 Å².